The van der Waals surface area contributed by atoms with Crippen LogP contribution in [-0.2, 0) is 6.54 Å². The van der Waals surface area contributed by atoms with Crippen molar-refractivity contribution in [2.24, 2.45) is 0 Å². The van der Waals surface area contributed by atoms with E-state index in [1.165, 1.54) is 11.1 Å². The summed E-state index contributed by atoms with van der Waals surface area (Å²) in [5, 5.41) is 8.11. The summed E-state index contributed by atoms with van der Waals surface area (Å²) in [6, 6.07) is 13.5. The Morgan fingerprint density at radius 1 is 1.25 bits per heavy atom. The van der Waals surface area contributed by atoms with Gasteiger partial charge < -0.3 is 5.32 Å². The minimum Gasteiger partial charge on any atom is -0.309 e. The molecule has 3 rings (SSSR count). The first-order chi connectivity index (χ1) is 9.64. The molecule has 1 atom stereocenters. The molecule has 0 aliphatic carbocycles. The molecule has 0 spiro atoms. The molecule has 0 bridgehead atoms. The summed E-state index contributed by atoms with van der Waals surface area (Å²) in [6.45, 7) is 7.70. The minimum absolute atomic E-state index is 0.182. The summed E-state index contributed by atoms with van der Waals surface area (Å²) in [4.78, 5) is 2.61. The van der Waals surface area contributed by atoms with Gasteiger partial charge in [0, 0.05) is 31.2 Å². The number of hydrogen-bond acceptors (Lipinski definition) is 3. The largest absolute Gasteiger partial charge is 0.309 e. The Bertz CT molecular complexity index is 533. The van der Waals surface area contributed by atoms with Crippen molar-refractivity contribution in [3.8, 4) is 0 Å². The number of piperazine rings is 1. The van der Waals surface area contributed by atoms with Crippen LogP contribution in [0.4, 0.5) is 0 Å². The zero-order chi connectivity index (χ0) is 14.0. The van der Waals surface area contributed by atoms with Crippen LogP contribution in [0.3, 0.4) is 0 Å². The van der Waals surface area contributed by atoms with Gasteiger partial charge in [-0.05, 0) is 41.8 Å². The van der Waals surface area contributed by atoms with Crippen molar-refractivity contribution >= 4 is 11.3 Å². The fourth-order valence-electron chi connectivity index (χ4n) is 2.96. The van der Waals surface area contributed by atoms with Crippen LogP contribution in [0.5, 0.6) is 0 Å². The first kappa shape index (κ1) is 13.8. The second-order valence-corrected chi connectivity index (χ2v) is 7.01. The smallest absolute Gasteiger partial charge is 0.0477 e. The van der Waals surface area contributed by atoms with Crippen LogP contribution in [0, 0.1) is 0 Å². The molecule has 0 amide bonds. The fraction of sp³-hybridized carbons (Fsp3) is 0.412. The number of rotatable bonds is 3. The van der Waals surface area contributed by atoms with Gasteiger partial charge >= 0.3 is 0 Å². The molecule has 1 N–H and O–H groups in total. The van der Waals surface area contributed by atoms with Crippen LogP contribution >= 0.6 is 11.3 Å². The lowest BCUT2D eigenvalue weighted by atomic mass is 9.94. The highest BCUT2D eigenvalue weighted by atomic mass is 32.1. The molecule has 2 nitrogen and oxygen atoms in total. The van der Waals surface area contributed by atoms with Crippen LogP contribution in [0.2, 0.25) is 0 Å². The number of benzene rings is 1. The van der Waals surface area contributed by atoms with E-state index in [9.17, 15) is 0 Å². The van der Waals surface area contributed by atoms with E-state index in [1.54, 1.807) is 11.3 Å². The topological polar surface area (TPSA) is 15.3 Å². The van der Waals surface area contributed by atoms with E-state index in [2.05, 4.69) is 71.2 Å². The van der Waals surface area contributed by atoms with Gasteiger partial charge in [0.15, 0.2) is 0 Å². The first-order valence-electron chi connectivity index (χ1n) is 7.19. The van der Waals surface area contributed by atoms with Crippen molar-refractivity contribution in [1.29, 1.82) is 0 Å². The Labute approximate surface area is 125 Å². The van der Waals surface area contributed by atoms with E-state index < -0.39 is 0 Å². The van der Waals surface area contributed by atoms with Crippen LogP contribution in [-0.4, -0.2) is 23.5 Å². The van der Waals surface area contributed by atoms with E-state index >= 15 is 0 Å². The summed E-state index contributed by atoms with van der Waals surface area (Å²) in [7, 11) is 0. The predicted octanol–water partition coefficient (Wildman–Crippen LogP) is 3.67. The molecule has 0 radical (unpaired) electrons. The van der Waals surface area contributed by atoms with Crippen molar-refractivity contribution in [1.82, 2.24) is 10.2 Å². The Hall–Kier alpha value is -1.16. The molecule has 20 heavy (non-hydrogen) atoms. The van der Waals surface area contributed by atoms with E-state index in [-0.39, 0.29) is 5.54 Å². The summed E-state index contributed by atoms with van der Waals surface area (Å²) in [6.07, 6.45) is 0. The van der Waals surface area contributed by atoms with Gasteiger partial charge in [-0.15, -0.1) is 0 Å². The highest BCUT2D eigenvalue weighted by Crippen LogP contribution is 2.28. The van der Waals surface area contributed by atoms with Crippen LogP contribution in [0.15, 0.2) is 47.2 Å². The third-order valence-electron chi connectivity index (χ3n) is 3.96. The van der Waals surface area contributed by atoms with E-state index in [0.717, 1.165) is 19.6 Å². The molecule has 2 aromatic rings. The Morgan fingerprint density at radius 3 is 2.75 bits per heavy atom. The minimum atomic E-state index is 0.182. The lowest BCUT2D eigenvalue weighted by molar-refractivity contribution is 0.0881. The number of nitrogens with one attached hydrogen (secondary N) is 1. The molecule has 1 aromatic carbocycles. The molecule has 1 aliphatic rings. The monoisotopic (exact) mass is 286 g/mol. The quantitative estimate of drug-likeness (QED) is 0.926. The second-order valence-electron chi connectivity index (χ2n) is 6.23. The maximum Gasteiger partial charge on any atom is 0.0477 e. The number of nitrogens with zero attached hydrogens (tertiary/aromatic N) is 1. The van der Waals surface area contributed by atoms with Gasteiger partial charge in [0.2, 0.25) is 0 Å². The Balaban J connectivity index is 1.83. The SMILES string of the molecule is CC1(C)CN(Cc2ccsc2)C(c2ccccc2)CN1. The summed E-state index contributed by atoms with van der Waals surface area (Å²) in [5.74, 6) is 0. The van der Waals surface area contributed by atoms with Gasteiger partial charge in [-0.25, -0.2) is 0 Å². The lowest BCUT2D eigenvalue weighted by Gasteiger charge is -2.44. The van der Waals surface area contributed by atoms with Gasteiger partial charge in [-0.3, -0.25) is 4.90 Å². The summed E-state index contributed by atoms with van der Waals surface area (Å²) >= 11 is 1.78. The Kier molecular flexibility index (Phi) is 3.92. The maximum absolute atomic E-state index is 3.68. The highest BCUT2D eigenvalue weighted by Gasteiger charge is 2.33. The van der Waals surface area contributed by atoms with Crippen LogP contribution in [0.1, 0.15) is 31.0 Å². The van der Waals surface area contributed by atoms with Crippen LogP contribution in [0.25, 0.3) is 0 Å². The maximum atomic E-state index is 3.68. The van der Waals surface area contributed by atoms with E-state index in [1.807, 2.05) is 0 Å². The molecule has 1 aliphatic heterocycles. The Morgan fingerprint density at radius 2 is 2.05 bits per heavy atom. The van der Waals surface area contributed by atoms with Gasteiger partial charge in [-0.2, -0.15) is 11.3 Å². The molecule has 106 valence electrons. The standard InChI is InChI=1S/C17H22N2S/c1-17(2)13-19(11-14-8-9-20-12-14)16(10-18-17)15-6-4-3-5-7-15/h3-9,12,16,18H,10-11,13H2,1-2H3. The molecule has 1 saturated heterocycles. The molecule has 1 unspecified atom stereocenters. The zero-order valence-electron chi connectivity index (χ0n) is 12.2. The molecule has 2 heterocycles. The van der Waals surface area contributed by atoms with E-state index in [0.29, 0.717) is 6.04 Å². The van der Waals surface area contributed by atoms with Gasteiger partial charge in [0.05, 0.1) is 0 Å². The summed E-state index contributed by atoms with van der Waals surface area (Å²) < 4.78 is 0. The average molecular weight is 286 g/mol. The third-order valence-corrected chi connectivity index (χ3v) is 4.70. The van der Waals surface area contributed by atoms with Gasteiger partial charge in [0.1, 0.15) is 0 Å². The molecular formula is C17H22N2S. The predicted molar refractivity (Wildman–Crippen MR) is 86.0 cm³/mol. The van der Waals surface area contributed by atoms with Crippen molar-refractivity contribution in [2.45, 2.75) is 32.0 Å². The van der Waals surface area contributed by atoms with Crippen molar-refractivity contribution in [3.63, 3.8) is 0 Å². The average Bonchev–Trinajstić information content (AvgIpc) is 2.92. The van der Waals surface area contributed by atoms with Gasteiger partial charge in [0.25, 0.3) is 0 Å². The molecule has 3 heteroatoms. The van der Waals surface area contributed by atoms with Crippen molar-refractivity contribution in [2.75, 3.05) is 13.1 Å². The summed E-state index contributed by atoms with van der Waals surface area (Å²) in [5.41, 5.74) is 3.01. The van der Waals surface area contributed by atoms with Crippen molar-refractivity contribution in [3.05, 3.63) is 58.3 Å². The normalized spacial score (nSPS) is 22.8. The molecule has 1 fully saturated rings. The molecule has 1 aromatic heterocycles. The molecule has 0 saturated carbocycles. The first-order valence-corrected chi connectivity index (χ1v) is 8.13. The van der Waals surface area contributed by atoms with E-state index in [4.69, 9.17) is 0 Å². The number of hydrogen-bond donors (Lipinski definition) is 1. The zero-order valence-corrected chi connectivity index (χ0v) is 13.0. The highest BCUT2D eigenvalue weighted by molar-refractivity contribution is 7.07. The second kappa shape index (κ2) is 5.68. The fourth-order valence-corrected chi connectivity index (χ4v) is 3.62. The molecular weight excluding hydrogens is 264 g/mol. The lowest BCUT2D eigenvalue weighted by Crippen LogP contribution is -2.57. The van der Waals surface area contributed by atoms with Gasteiger partial charge in [-0.1, -0.05) is 30.3 Å². The van der Waals surface area contributed by atoms with Crippen molar-refractivity contribution < 1.29 is 0 Å². The van der Waals surface area contributed by atoms with Crippen LogP contribution < -0.4 is 5.32 Å². The third kappa shape index (κ3) is 3.11. The number of thiophene rings is 1.